The molecule has 2 fully saturated rings. The van der Waals surface area contributed by atoms with E-state index in [2.05, 4.69) is 24.1 Å². The summed E-state index contributed by atoms with van der Waals surface area (Å²) in [6.45, 7) is 11.1. The lowest BCUT2D eigenvalue weighted by Crippen LogP contribution is -2.44. The van der Waals surface area contributed by atoms with Gasteiger partial charge in [0, 0.05) is 13.1 Å². The van der Waals surface area contributed by atoms with Gasteiger partial charge in [-0.25, -0.2) is 0 Å². The summed E-state index contributed by atoms with van der Waals surface area (Å²) in [7, 11) is 0. The SMILES string of the molecule is CCNCC1(CN2CCCC(C)CC2)CCCCCC1. The van der Waals surface area contributed by atoms with E-state index in [0.29, 0.717) is 5.41 Å². The highest BCUT2D eigenvalue weighted by Gasteiger charge is 2.32. The van der Waals surface area contributed by atoms with Crippen molar-refractivity contribution >= 4 is 0 Å². The molecule has 1 unspecified atom stereocenters. The van der Waals surface area contributed by atoms with E-state index in [1.54, 1.807) is 0 Å². The third kappa shape index (κ3) is 5.04. The molecule has 118 valence electrons. The van der Waals surface area contributed by atoms with E-state index in [0.717, 1.165) is 12.5 Å². The summed E-state index contributed by atoms with van der Waals surface area (Å²) in [5.41, 5.74) is 0.570. The highest BCUT2D eigenvalue weighted by molar-refractivity contribution is 4.87. The average Bonchev–Trinajstić information content (AvgIpc) is 2.79. The normalized spacial score (nSPS) is 28.8. The molecule has 0 aromatic carbocycles. The van der Waals surface area contributed by atoms with Crippen LogP contribution in [0.3, 0.4) is 0 Å². The summed E-state index contributed by atoms with van der Waals surface area (Å²) in [6.07, 6.45) is 13.0. The Labute approximate surface area is 126 Å². The molecule has 0 spiro atoms. The van der Waals surface area contributed by atoms with Gasteiger partial charge in [0.15, 0.2) is 0 Å². The highest BCUT2D eigenvalue weighted by Crippen LogP contribution is 2.36. The smallest absolute Gasteiger partial charge is 0.00501 e. The van der Waals surface area contributed by atoms with Crippen LogP contribution in [0.2, 0.25) is 0 Å². The van der Waals surface area contributed by atoms with Crippen LogP contribution in [0, 0.1) is 11.3 Å². The van der Waals surface area contributed by atoms with Gasteiger partial charge < -0.3 is 10.2 Å². The van der Waals surface area contributed by atoms with Crippen molar-refractivity contribution in [1.29, 1.82) is 0 Å². The molecule has 0 radical (unpaired) electrons. The fourth-order valence-corrected chi connectivity index (χ4v) is 4.21. The maximum Gasteiger partial charge on any atom is 0.00501 e. The lowest BCUT2D eigenvalue weighted by atomic mass is 9.79. The van der Waals surface area contributed by atoms with Crippen LogP contribution in [0.15, 0.2) is 0 Å². The quantitative estimate of drug-likeness (QED) is 0.764. The molecule has 0 amide bonds. The van der Waals surface area contributed by atoms with Crippen LogP contribution < -0.4 is 5.32 Å². The van der Waals surface area contributed by atoms with E-state index in [4.69, 9.17) is 0 Å². The minimum Gasteiger partial charge on any atom is -0.316 e. The maximum atomic E-state index is 3.67. The Kier molecular flexibility index (Phi) is 6.83. The number of rotatable bonds is 5. The lowest BCUT2D eigenvalue weighted by Gasteiger charge is -2.38. The monoisotopic (exact) mass is 280 g/mol. The van der Waals surface area contributed by atoms with Crippen molar-refractivity contribution in [2.45, 2.75) is 71.6 Å². The van der Waals surface area contributed by atoms with Crippen LogP contribution in [0.1, 0.15) is 71.6 Å². The maximum absolute atomic E-state index is 3.67. The molecule has 1 saturated carbocycles. The Morgan fingerprint density at radius 3 is 2.45 bits per heavy atom. The minimum absolute atomic E-state index is 0.570. The Hall–Kier alpha value is -0.0800. The fourth-order valence-electron chi connectivity index (χ4n) is 4.21. The molecule has 0 aromatic heterocycles. The number of nitrogens with zero attached hydrogens (tertiary/aromatic N) is 1. The zero-order valence-corrected chi connectivity index (χ0v) is 13.9. The first-order chi connectivity index (χ1) is 9.74. The molecular formula is C18H36N2. The van der Waals surface area contributed by atoms with Gasteiger partial charge in [-0.15, -0.1) is 0 Å². The van der Waals surface area contributed by atoms with Crippen LogP contribution in [0.25, 0.3) is 0 Å². The summed E-state index contributed by atoms with van der Waals surface area (Å²) in [6, 6.07) is 0. The predicted molar refractivity (Wildman–Crippen MR) is 88.1 cm³/mol. The molecule has 2 nitrogen and oxygen atoms in total. The van der Waals surface area contributed by atoms with Crippen LogP contribution in [-0.2, 0) is 0 Å². The molecule has 0 bridgehead atoms. The molecule has 1 atom stereocenters. The summed E-state index contributed by atoms with van der Waals surface area (Å²) >= 11 is 0. The molecule has 1 saturated heterocycles. The largest absolute Gasteiger partial charge is 0.316 e. The molecule has 20 heavy (non-hydrogen) atoms. The fraction of sp³-hybridized carbons (Fsp3) is 1.00. The lowest BCUT2D eigenvalue weighted by molar-refractivity contribution is 0.129. The van der Waals surface area contributed by atoms with Crippen molar-refractivity contribution in [3.05, 3.63) is 0 Å². The van der Waals surface area contributed by atoms with Gasteiger partial charge in [0.1, 0.15) is 0 Å². The third-order valence-corrected chi connectivity index (χ3v) is 5.58. The van der Waals surface area contributed by atoms with Crippen molar-refractivity contribution in [2.75, 3.05) is 32.7 Å². The number of likely N-dealkylation sites (tertiary alicyclic amines) is 1. The molecule has 1 heterocycles. The van der Waals surface area contributed by atoms with E-state index in [9.17, 15) is 0 Å². The number of hydrogen-bond donors (Lipinski definition) is 1. The van der Waals surface area contributed by atoms with Crippen LogP contribution in [0.4, 0.5) is 0 Å². The van der Waals surface area contributed by atoms with Crippen LogP contribution >= 0.6 is 0 Å². The van der Waals surface area contributed by atoms with Gasteiger partial charge in [-0.2, -0.15) is 0 Å². The third-order valence-electron chi connectivity index (χ3n) is 5.58. The van der Waals surface area contributed by atoms with Gasteiger partial charge in [-0.05, 0) is 63.1 Å². The first-order valence-corrected chi connectivity index (χ1v) is 9.17. The summed E-state index contributed by atoms with van der Waals surface area (Å²) in [5.74, 6) is 0.943. The van der Waals surface area contributed by atoms with Gasteiger partial charge in [0.25, 0.3) is 0 Å². The second kappa shape index (κ2) is 8.38. The summed E-state index contributed by atoms with van der Waals surface area (Å²) in [5, 5.41) is 3.67. The molecular weight excluding hydrogens is 244 g/mol. The minimum atomic E-state index is 0.570. The van der Waals surface area contributed by atoms with E-state index < -0.39 is 0 Å². The van der Waals surface area contributed by atoms with Gasteiger partial charge in [-0.1, -0.05) is 39.5 Å². The first kappa shape index (κ1) is 16.3. The van der Waals surface area contributed by atoms with Crippen molar-refractivity contribution in [1.82, 2.24) is 10.2 Å². The first-order valence-electron chi connectivity index (χ1n) is 9.17. The average molecular weight is 280 g/mol. The van der Waals surface area contributed by atoms with Gasteiger partial charge >= 0.3 is 0 Å². The Morgan fingerprint density at radius 2 is 1.75 bits per heavy atom. The number of hydrogen-bond acceptors (Lipinski definition) is 2. The predicted octanol–water partition coefficient (Wildman–Crippen LogP) is 4.06. The summed E-state index contributed by atoms with van der Waals surface area (Å²) < 4.78 is 0. The number of nitrogens with one attached hydrogen (secondary N) is 1. The molecule has 2 heteroatoms. The van der Waals surface area contributed by atoms with Gasteiger partial charge in [-0.3, -0.25) is 0 Å². The molecule has 0 aromatic rings. The molecule has 1 aliphatic heterocycles. The molecule has 2 rings (SSSR count). The van der Waals surface area contributed by atoms with Crippen LogP contribution in [-0.4, -0.2) is 37.6 Å². The van der Waals surface area contributed by atoms with Gasteiger partial charge in [0.2, 0.25) is 0 Å². The van der Waals surface area contributed by atoms with E-state index in [-0.39, 0.29) is 0 Å². The second-order valence-corrected chi connectivity index (χ2v) is 7.51. The molecule has 2 aliphatic rings. The van der Waals surface area contributed by atoms with Crippen molar-refractivity contribution < 1.29 is 0 Å². The zero-order valence-electron chi connectivity index (χ0n) is 13.9. The Morgan fingerprint density at radius 1 is 1.00 bits per heavy atom. The highest BCUT2D eigenvalue weighted by atomic mass is 15.1. The topological polar surface area (TPSA) is 15.3 Å². The summed E-state index contributed by atoms with van der Waals surface area (Å²) in [4.78, 5) is 2.80. The molecule has 1 aliphatic carbocycles. The van der Waals surface area contributed by atoms with Crippen molar-refractivity contribution in [3.8, 4) is 0 Å². The van der Waals surface area contributed by atoms with Crippen molar-refractivity contribution in [2.24, 2.45) is 11.3 Å². The van der Waals surface area contributed by atoms with E-state index in [1.807, 2.05) is 0 Å². The Bertz CT molecular complexity index is 256. The zero-order chi connectivity index (χ0) is 14.3. The Balaban J connectivity index is 1.94. The van der Waals surface area contributed by atoms with Crippen LogP contribution in [0.5, 0.6) is 0 Å². The standard InChI is InChI=1S/C18H36N2/c1-3-19-15-18(11-6-4-5-7-12-18)16-20-13-8-9-17(2)10-14-20/h17,19H,3-16H2,1-2H3. The van der Waals surface area contributed by atoms with Crippen molar-refractivity contribution in [3.63, 3.8) is 0 Å². The second-order valence-electron chi connectivity index (χ2n) is 7.51. The van der Waals surface area contributed by atoms with Gasteiger partial charge in [0.05, 0.1) is 0 Å². The van der Waals surface area contributed by atoms with E-state index >= 15 is 0 Å². The van der Waals surface area contributed by atoms with E-state index in [1.165, 1.54) is 84.0 Å². The molecule has 1 N–H and O–H groups in total.